The van der Waals surface area contributed by atoms with E-state index in [1.165, 1.54) is 0 Å². The number of nitrogens with one attached hydrogen (secondary N) is 1. The third kappa shape index (κ3) is 3.23. The molecule has 0 aromatic rings. The summed E-state index contributed by atoms with van der Waals surface area (Å²) in [5.74, 6) is 0.917. The van der Waals surface area contributed by atoms with Crippen LogP contribution in [0.15, 0.2) is 0 Å². The van der Waals surface area contributed by atoms with Crippen LogP contribution in [0.3, 0.4) is 0 Å². The molecule has 1 N–H and O–H groups in total. The van der Waals surface area contributed by atoms with E-state index >= 15 is 0 Å². The van der Waals surface area contributed by atoms with Crippen LogP contribution in [0.4, 0.5) is 0 Å². The molecule has 0 aromatic carbocycles. The van der Waals surface area contributed by atoms with Gasteiger partial charge in [-0.25, -0.2) is 8.42 Å². The number of carbonyl (C=O) groups is 1. The SMILES string of the molecule is CCN(C(=O)CC1CCNC1)C1CCS(=O)(=O)C1. The van der Waals surface area contributed by atoms with Gasteiger partial charge in [-0.15, -0.1) is 0 Å². The normalized spacial score (nSPS) is 30.5. The summed E-state index contributed by atoms with van der Waals surface area (Å²) in [6, 6.07) is -0.0955. The Kier molecular flexibility index (Phi) is 4.27. The maximum atomic E-state index is 12.2. The van der Waals surface area contributed by atoms with E-state index in [4.69, 9.17) is 0 Å². The summed E-state index contributed by atoms with van der Waals surface area (Å²) in [7, 11) is -2.92. The number of carbonyl (C=O) groups excluding carboxylic acids is 1. The average Bonchev–Trinajstić information content (AvgIpc) is 2.89. The van der Waals surface area contributed by atoms with Crippen molar-refractivity contribution in [3.8, 4) is 0 Å². The molecular formula is C12H22N2O3S. The van der Waals surface area contributed by atoms with E-state index in [1.54, 1.807) is 4.90 Å². The summed E-state index contributed by atoms with van der Waals surface area (Å²) in [4.78, 5) is 14.0. The summed E-state index contributed by atoms with van der Waals surface area (Å²) >= 11 is 0. The maximum absolute atomic E-state index is 12.2. The minimum atomic E-state index is -2.92. The first kappa shape index (κ1) is 13.8. The van der Waals surface area contributed by atoms with Crippen LogP contribution in [0.1, 0.15) is 26.2 Å². The highest BCUT2D eigenvalue weighted by Gasteiger charge is 2.34. The highest BCUT2D eigenvalue weighted by Crippen LogP contribution is 2.21. The molecule has 0 saturated carbocycles. The van der Waals surface area contributed by atoms with E-state index in [2.05, 4.69) is 5.32 Å². The molecule has 2 saturated heterocycles. The number of nitrogens with zero attached hydrogens (tertiary/aromatic N) is 1. The molecule has 0 aromatic heterocycles. The molecule has 2 fully saturated rings. The van der Waals surface area contributed by atoms with Crippen LogP contribution in [0.25, 0.3) is 0 Å². The summed E-state index contributed by atoms with van der Waals surface area (Å²) < 4.78 is 23.0. The largest absolute Gasteiger partial charge is 0.339 e. The highest BCUT2D eigenvalue weighted by molar-refractivity contribution is 7.91. The molecule has 2 unspecified atom stereocenters. The number of sulfone groups is 1. The second kappa shape index (κ2) is 5.57. The lowest BCUT2D eigenvalue weighted by Crippen LogP contribution is -2.41. The third-order valence-corrected chi connectivity index (χ3v) is 5.69. The Morgan fingerprint density at radius 1 is 1.39 bits per heavy atom. The minimum absolute atomic E-state index is 0.0955. The number of hydrogen-bond acceptors (Lipinski definition) is 4. The smallest absolute Gasteiger partial charge is 0.223 e. The van der Waals surface area contributed by atoms with E-state index in [9.17, 15) is 13.2 Å². The second-order valence-electron chi connectivity index (χ2n) is 5.30. The maximum Gasteiger partial charge on any atom is 0.223 e. The summed E-state index contributed by atoms with van der Waals surface area (Å²) in [5.41, 5.74) is 0. The molecule has 104 valence electrons. The lowest BCUT2D eigenvalue weighted by atomic mass is 10.0. The molecule has 2 rings (SSSR count). The Hall–Kier alpha value is -0.620. The zero-order valence-electron chi connectivity index (χ0n) is 10.9. The average molecular weight is 274 g/mol. The first-order valence-corrected chi connectivity index (χ1v) is 8.54. The van der Waals surface area contributed by atoms with Crippen LogP contribution in [0.5, 0.6) is 0 Å². The second-order valence-corrected chi connectivity index (χ2v) is 7.53. The van der Waals surface area contributed by atoms with E-state index in [1.807, 2.05) is 6.92 Å². The Morgan fingerprint density at radius 2 is 2.17 bits per heavy atom. The van der Waals surface area contributed by atoms with Gasteiger partial charge in [-0.1, -0.05) is 0 Å². The van der Waals surface area contributed by atoms with Crippen molar-refractivity contribution < 1.29 is 13.2 Å². The van der Waals surface area contributed by atoms with Crippen LogP contribution < -0.4 is 5.32 Å². The van der Waals surface area contributed by atoms with Crippen molar-refractivity contribution in [3.05, 3.63) is 0 Å². The van der Waals surface area contributed by atoms with E-state index < -0.39 is 9.84 Å². The van der Waals surface area contributed by atoms with E-state index in [0.29, 0.717) is 25.3 Å². The van der Waals surface area contributed by atoms with Gasteiger partial charge in [0.25, 0.3) is 0 Å². The molecule has 0 spiro atoms. The molecule has 1 amide bonds. The molecule has 0 radical (unpaired) electrons. The van der Waals surface area contributed by atoms with Crippen molar-refractivity contribution in [2.24, 2.45) is 5.92 Å². The molecule has 18 heavy (non-hydrogen) atoms. The fourth-order valence-electron chi connectivity index (χ4n) is 2.91. The van der Waals surface area contributed by atoms with Gasteiger partial charge in [-0.05, 0) is 38.8 Å². The molecule has 6 heteroatoms. The summed E-state index contributed by atoms with van der Waals surface area (Å²) in [5, 5.41) is 3.25. The third-order valence-electron chi connectivity index (χ3n) is 3.94. The van der Waals surface area contributed by atoms with Gasteiger partial charge in [0.2, 0.25) is 5.91 Å². The first-order chi connectivity index (χ1) is 8.52. The molecule has 2 heterocycles. The predicted molar refractivity (Wildman–Crippen MR) is 70.0 cm³/mol. The Bertz CT molecular complexity index is 402. The molecule has 0 bridgehead atoms. The number of rotatable bonds is 4. The van der Waals surface area contributed by atoms with Gasteiger partial charge >= 0.3 is 0 Å². The monoisotopic (exact) mass is 274 g/mol. The lowest BCUT2D eigenvalue weighted by Gasteiger charge is -2.27. The number of hydrogen-bond donors (Lipinski definition) is 1. The molecule has 2 aliphatic rings. The van der Waals surface area contributed by atoms with Crippen LogP contribution in [-0.4, -0.2) is 56.4 Å². The first-order valence-electron chi connectivity index (χ1n) is 6.72. The van der Waals surface area contributed by atoms with Gasteiger partial charge in [0.15, 0.2) is 9.84 Å². The molecule has 0 aliphatic carbocycles. The van der Waals surface area contributed by atoms with E-state index in [-0.39, 0.29) is 23.5 Å². The fourth-order valence-corrected chi connectivity index (χ4v) is 4.64. The van der Waals surface area contributed by atoms with Gasteiger partial charge in [0.1, 0.15) is 0 Å². The summed E-state index contributed by atoms with van der Waals surface area (Å²) in [6.45, 7) is 4.43. The van der Waals surface area contributed by atoms with Crippen LogP contribution in [-0.2, 0) is 14.6 Å². The molecule has 5 nitrogen and oxygen atoms in total. The van der Waals surface area contributed by atoms with Gasteiger partial charge in [0, 0.05) is 19.0 Å². The van der Waals surface area contributed by atoms with Crippen molar-refractivity contribution >= 4 is 15.7 Å². The Morgan fingerprint density at radius 3 is 2.67 bits per heavy atom. The summed E-state index contributed by atoms with van der Waals surface area (Å²) in [6.07, 6.45) is 2.20. The van der Waals surface area contributed by atoms with Crippen LogP contribution >= 0.6 is 0 Å². The Balaban J connectivity index is 1.93. The highest BCUT2D eigenvalue weighted by atomic mass is 32.2. The van der Waals surface area contributed by atoms with Gasteiger partial charge in [-0.3, -0.25) is 4.79 Å². The van der Waals surface area contributed by atoms with Crippen LogP contribution in [0, 0.1) is 5.92 Å². The van der Waals surface area contributed by atoms with E-state index in [0.717, 1.165) is 19.5 Å². The van der Waals surface area contributed by atoms with Crippen molar-refractivity contribution in [1.82, 2.24) is 10.2 Å². The number of amides is 1. The zero-order valence-corrected chi connectivity index (χ0v) is 11.7. The fraction of sp³-hybridized carbons (Fsp3) is 0.917. The van der Waals surface area contributed by atoms with Gasteiger partial charge in [0.05, 0.1) is 11.5 Å². The van der Waals surface area contributed by atoms with Crippen molar-refractivity contribution in [2.45, 2.75) is 32.2 Å². The topological polar surface area (TPSA) is 66.5 Å². The van der Waals surface area contributed by atoms with Crippen molar-refractivity contribution in [3.63, 3.8) is 0 Å². The zero-order chi connectivity index (χ0) is 13.2. The lowest BCUT2D eigenvalue weighted by molar-refractivity contribution is -0.133. The van der Waals surface area contributed by atoms with Gasteiger partial charge in [-0.2, -0.15) is 0 Å². The van der Waals surface area contributed by atoms with Crippen molar-refractivity contribution in [2.75, 3.05) is 31.1 Å². The molecule has 2 atom stereocenters. The van der Waals surface area contributed by atoms with Crippen molar-refractivity contribution in [1.29, 1.82) is 0 Å². The quantitative estimate of drug-likeness (QED) is 0.785. The predicted octanol–water partition coefficient (Wildman–Crippen LogP) is 0.0216. The van der Waals surface area contributed by atoms with Gasteiger partial charge < -0.3 is 10.2 Å². The molecular weight excluding hydrogens is 252 g/mol. The molecule has 2 aliphatic heterocycles. The minimum Gasteiger partial charge on any atom is -0.339 e. The standard InChI is InChI=1S/C12H22N2O3S/c1-2-14(11-4-6-18(16,17)9-11)12(15)7-10-3-5-13-8-10/h10-11,13H,2-9H2,1H3. The Labute approximate surface area is 109 Å². The van der Waals surface area contributed by atoms with Crippen LogP contribution in [0.2, 0.25) is 0 Å².